The van der Waals surface area contributed by atoms with Gasteiger partial charge in [0, 0.05) is 26.2 Å². The van der Waals surface area contributed by atoms with Gasteiger partial charge in [0.25, 0.3) is 0 Å². The van der Waals surface area contributed by atoms with Crippen molar-refractivity contribution in [2.75, 3.05) is 38.5 Å². The van der Waals surface area contributed by atoms with Crippen LogP contribution >= 0.6 is 24.0 Å². The molecule has 1 saturated heterocycles. The predicted molar refractivity (Wildman–Crippen MR) is 98.7 cm³/mol. The number of hydrogen-bond acceptors (Lipinski definition) is 3. The Morgan fingerprint density at radius 2 is 1.67 bits per heavy atom. The number of halogens is 1. The molecule has 1 fully saturated rings. The SMILES string of the molecule is CCN(CC)S(=O)(=O)CCN=C(N)N1CCCCCC1.I. The number of aliphatic imine (C=N–C) groups is 1. The first-order chi connectivity index (χ1) is 9.51. The Morgan fingerprint density at radius 1 is 1.14 bits per heavy atom. The zero-order valence-corrected chi connectivity index (χ0v) is 16.3. The largest absolute Gasteiger partial charge is 0.370 e. The summed E-state index contributed by atoms with van der Waals surface area (Å²) in [6, 6.07) is 0. The molecule has 0 spiro atoms. The van der Waals surface area contributed by atoms with Crippen LogP contribution in [-0.4, -0.2) is 62.1 Å². The number of guanidine groups is 1. The van der Waals surface area contributed by atoms with Crippen molar-refractivity contribution in [3.05, 3.63) is 0 Å². The molecule has 0 bridgehead atoms. The standard InChI is InChI=1S/C13H28N4O2S.HI/c1-3-17(4-2)20(18,19)12-9-15-13(14)16-10-7-5-6-8-11-16;/h3-12H2,1-2H3,(H2,14,15);1H. The van der Waals surface area contributed by atoms with Gasteiger partial charge in [-0.25, -0.2) is 12.7 Å². The Hall–Kier alpha value is -0.0900. The molecule has 0 radical (unpaired) electrons. The fraction of sp³-hybridized carbons (Fsp3) is 0.923. The van der Waals surface area contributed by atoms with Crippen LogP contribution in [-0.2, 0) is 10.0 Å². The van der Waals surface area contributed by atoms with Crippen LogP contribution in [0.5, 0.6) is 0 Å². The highest BCUT2D eigenvalue weighted by molar-refractivity contribution is 14.0. The van der Waals surface area contributed by atoms with Gasteiger partial charge < -0.3 is 10.6 Å². The molecule has 0 aromatic carbocycles. The molecule has 1 heterocycles. The third kappa shape index (κ3) is 7.14. The minimum Gasteiger partial charge on any atom is -0.370 e. The molecule has 1 aliphatic heterocycles. The van der Waals surface area contributed by atoms with Crippen LogP contribution in [0.4, 0.5) is 0 Å². The number of nitrogens with two attached hydrogens (primary N) is 1. The molecule has 1 rings (SSSR count). The molecule has 0 atom stereocenters. The zero-order chi connectivity index (χ0) is 15.0. The fourth-order valence-electron chi connectivity index (χ4n) is 2.42. The molecule has 0 aliphatic carbocycles. The highest BCUT2D eigenvalue weighted by Crippen LogP contribution is 2.09. The van der Waals surface area contributed by atoms with E-state index in [2.05, 4.69) is 9.89 Å². The fourth-order valence-corrected chi connectivity index (χ4v) is 3.79. The van der Waals surface area contributed by atoms with E-state index in [1.54, 1.807) is 0 Å². The Bertz CT molecular complexity index is 402. The molecule has 0 amide bonds. The topological polar surface area (TPSA) is 79.0 Å². The van der Waals surface area contributed by atoms with Crippen molar-refractivity contribution in [2.45, 2.75) is 39.5 Å². The molecule has 126 valence electrons. The van der Waals surface area contributed by atoms with Gasteiger partial charge in [-0.05, 0) is 12.8 Å². The Kier molecular flexibility index (Phi) is 10.6. The summed E-state index contributed by atoms with van der Waals surface area (Å²) in [5.74, 6) is 0.519. The molecule has 0 aromatic rings. The second-order valence-electron chi connectivity index (χ2n) is 5.04. The van der Waals surface area contributed by atoms with Crippen molar-refractivity contribution < 1.29 is 8.42 Å². The van der Waals surface area contributed by atoms with Crippen LogP contribution in [0, 0.1) is 0 Å². The first kappa shape index (κ1) is 20.9. The van der Waals surface area contributed by atoms with Gasteiger partial charge in [0.15, 0.2) is 5.96 Å². The van der Waals surface area contributed by atoms with Crippen LogP contribution in [0.25, 0.3) is 0 Å². The van der Waals surface area contributed by atoms with Crippen LogP contribution in [0.1, 0.15) is 39.5 Å². The Labute approximate surface area is 146 Å². The monoisotopic (exact) mass is 432 g/mol. The highest BCUT2D eigenvalue weighted by Gasteiger charge is 2.18. The van der Waals surface area contributed by atoms with Crippen molar-refractivity contribution in [3.63, 3.8) is 0 Å². The van der Waals surface area contributed by atoms with Gasteiger partial charge in [0.05, 0.1) is 12.3 Å². The first-order valence-corrected chi connectivity index (χ1v) is 9.14. The van der Waals surface area contributed by atoms with E-state index in [0.29, 0.717) is 19.0 Å². The van der Waals surface area contributed by atoms with Crippen LogP contribution in [0.3, 0.4) is 0 Å². The molecule has 21 heavy (non-hydrogen) atoms. The quantitative estimate of drug-likeness (QED) is 0.392. The maximum atomic E-state index is 12.0. The first-order valence-electron chi connectivity index (χ1n) is 7.54. The van der Waals surface area contributed by atoms with Gasteiger partial charge in [0.1, 0.15) is 0 Å². The lowest BCUT2D eigenvalue weighted by Gasteiger charge is -2.21. The predicted octanol–water partition coefficient (Wildman–Crippen LogP) is 1.47. The maximum Gasteiger partial charge on any atom is 0.215 e. The lowest BCUT2D eigenvalue weighted by Crippen LogP contribution is -2.39. The normalized spacial score (nSPS) is 17.5. The molecule has 0 saturated carbocycles. The average molecular weight is 432 g/mol. The molecule has 0 unspecified atom stereocenters. The van der Waals surface area contributed by atoms with E-state index in [4.69, 9.17) is 5.73 Å². The Balaban J connectivity index is 0.00000400. The third-order valence-electron chi connectivity index (χ3n) is 3.65. The summed E-state index contributed by atoms with van der Waals surface area (Å²) in [4.78, 5) is 6.31. The van der Waals surface area contributed by atoms with E-state index in [0.717, 1.165) is 25.9 Å². The van der Waals surface area contributed by atoms with Crippen molar-refractivity contribution in [1.82, 2.24) is 9.21 Å². The second kappa shape index (κ2) is 10.6. The summed E-state index contributed by atoms with van der Waals surface area (Å²) in [5.41, 5.74) is 5.96. The average Bonchev–Trinajstić information content (AvgIpc) is 2.68. The van der Waals surface area contributed by atoms with E-state index < -0.39 is 10.0 Å². The van der Waals surface area contributed by atoms with Gasteiger partial charge in [-0.3, -0.25) is 4.99 Å². The Morgan fingerprint density at radius 3 is 2.14 bits per heavy atom. The van der Waals surface area contributed by atoms with Crippen molar-refractivity contribution in [1.29, 1.82) is 0 Å². The van der Waals surface area contributed by atoms with Gasteiger partial charge >= 0.3 is 0 Å². The number of sulfonamides is 1. The lowest BCUT2D eigenvalue weighted by atomic mass is 10.2. The summed E-state index contributed by atoms with van der Waals surface area (Å²) in [6.07, 6.45) is 4.74. The number of rotatable bonds is 6. The smallest absolute Gasteiger partial charge is 0.215 e. The number of nitrogens with zero attached hydrogens (tertiary/aromatic N) is 3. The summed E-state index contributed by atoms with van der Waals surface area (Å²) in [7, 11) is -3.20. The third-order valence-corrected chi connectivity index (χ3v) is 5.65. The molecule has 8 heteroatoms. The lowest BCUT2D eigenvalue weighted by molar-refractivity contribution is 0.428. The molecule has 2 N–H and O–H groups in total. The van der Waals surface area contributed by atoms with Gasteiger partial charge in [-0.2, -0.15) is 0 Å². The molecule has 0 aromatic heterocycles. The van der Waals surface area contributed by atoms with Crippen LogP contribution < -0.4 is 5.73 Å². The summed E-state index contributed by atoms with van der Waals surface area (Å²) in [6.45, 7) is 6.79. The minimum atomic E-state index is -3.20. The van der Waals surface area contributed by atoms with Gasteiger partial charge in [0.2, 0.25) is 10.0 Å². The molecular formula is C13H29IN4O2S. The number of hydrogen-bond donors (Lipinski definition) is 1. The zero-order valence-electron chi connectivity index (χ0n) is 13.1. The van der Waals surface area contributed by atoms with Crippen LogP contribution in [0.2, 0.25) is 0 Å². The van der Waals surface area contributed by atoms with E-state index in [1.165, 1.54) is 17.1 Å². The maximum absolute atomic E-state index is 12.0. The minimum absolute atomic E-state index is 0. The van der Waals surface area contributed by atoms with Crippen molar-refractivity contribution in [2.24, 2.45) is 10.7 Å². The van der Waals surface area contributed by atoms with E-state index >= 15 is 0 Å². The summed E-state index contributed by atoms with van der Waals surface area (Å²) in [5, 5.41) is 0. The van der Waals surface area contributed by atoms with Gasteiger partial charge in [-0.1, -0.05) is 26.7 Å². The van der Waals surface area contributed by atoms with E-state index in [-0.39, 0.29) is 36.3 Å². The van der Waals surface area contributed by atoms with Crippen molar-refractivity contribution in [3.8, 4) is 0 Å². The molecule has 6 nitrogen and oxygen atoms in total. The summed E-state index contributed by atoms with van der Waals surface area (Å²) < 4.78 is 25.5. The summed E-state index contributed by atoms with van der Waals surface area (Å²) >= 11 is 0. The number of likely N-dealkylation sites (tertiary alicyclic amines) is 1. The van der Waals surface area contributed by atoms with E-state index in [9.17, 15) is 8.42 Å². The van der Waals surface area contributed by atoms with E-state index in [1.807, 2.05) is 13.8 Å². The van der Waals surface area contributed by atoms with Crippen LogP contribution in [0.15, 0.2) is 4.99 Å². The second-order valence-corrected chi connectivity index (χ2v) is 7.13. The molecular weight excluding hydrogens is 403 g/mol. The highest BCUT2D eigenvalue weighted by atomic mass is 127. The van der Waals surface area contributed by atoms with Crippen molar-refractivity contribution >= 4 is 40.0 Å². The van der Waals surface area contributed by atoms with Gasteiger partial charge in [-0.15, -0.1) is 24.0 Å². The molecule has 1 aliphatic rings.